The van der Waals surface area contributed by atoms with Crippen LogP contribution in [-0.4, -0.2) is 84.3 Å². The molecule has 4 bridgehead atoms. The van der Waals surface area contributed by atoms with E-state index in [1.807, 2.05) is 0 Å². The van der Waals surface area contributed by atoms with Crippen LogP contribution < -0.4 is 25.4 Å². The first kappa shape index (κ1) is 34.9. The van der Waals surface area contributed by atoms with Gasteiger partial charge in [-0.25, -0.2) is 13.6 Å². The maximum Gasteiger partial charge on any atom is 0.573 e. The number of hydrogen-bond acceptors (Lipinski definition) is 7. The minimum absolute atomic E-state index is 0.00484. The van der Waals surface area contributed by atoms with E-state index in [1.54, 1.807) is 0 Å². The first-order valence-electron chi connectivity index (χ1n) is 15.9. The van der Waals surface area contributed by atoms with Gasteiger partial charge in [0.1, 0.15) is 35.3 Å². The highest BCUT2D eigenvalue weighted by molar-refractivity contribution is 5.98. The van der Waals surface area contributed by atoms with E-state index >= 15 is 0 Å². The van der Waals surface area contributed by atoms with Gasteiger partial charge in [0.05, 0.1) is 24.4 Å². The summed E-state index contributed by atoms with van der Waals surface area (Å²) >= 11 is 0. The predicted molar refractivity (Wildman–Crippen MR) is 167 cm³/mol. The zero-order valence-corrected chi connectivity index (χ0v) is 26.3. The van der Waals surface area contributed by atoms with Crippen molar-refractivity contribution in [3.63, 3.8) is 0 Å². The number of fused-ring (bicyclic) bond motifs is 5. The molecule has 3 aromatic carbocycles. The maximum absolute atomic E-state index is 14.7. The number of benzene rings is 3. The fourth-order valence-electron chi connectivity index (χ4n) is 6.30. The Balaban J connectivity index is 1.26. The second-order valence-corrected chi connectivity index (χ2v) is 12.2. The fourth-order valence-corrected chi connectivity index (χ4v) is 6.30. The number of anilines is 1. The van der Waals surface area contributed by atoms with Gasteiger partial charge in [0.15, 0.2) is 0 Å². The number of carbonyl (C=O) groups is 3. The van der Waals surface area contributed by atoms with Gasteiger partial charge in [-0.05, 0) is 73.4 Å². The van der Waals surface area contributed by atoms with E-state index in [2.05, 4.69) is 20.7 Å². The van der Waals surface area contributed by atoms with Crippen LogP contribution in [0.4, 0.5) is 32.4 Å². The summed E-state index contributed by atoms with van der Waals surface area (Å²) in [6.45, 7) is -0.0840. The number of nitrogens with zero attached hydrogens (tertiary/aromatic N) is 1. The maximum atomic E-state index is 14.7. The summed E-state index contributed by atoms with van der Waals surface area (Å²) < 4.78 is 82.0. The molecule has 266 valence electrons. The molecule has 3 aromatic rings. The van der Waals surface area contributed by atoms with Crippen LogP contribution in [0.1, 0.15) is 36.0 Å². The molecule has 3 heterocycles. The van der Waals surface area contributed by atoms with Gasteiger partial charge in [-0.3, -0.25) is 9.59 Å². The van der Waals surface area contributed by atoms with E-state index in [4.69, 9.17) is 9.47 Å². The molecule has 50 heavy (non-hydrogen) atoms. The number of alkyl halides is 3. The van der Waals surface area contributed by atoms with E-state index in [1.165, 1.54) is 41.3 Å². The summed E-state index contributed by atoms with van der Waals surface area (Å²) in [6.07, 6.45) is -5.59. The first-order chi connectivity index (χ1) is 23.8. The lowest BCUT2D eigenvalue weighted by Gasteiger charge is -2.34. The lowest BCUT2D eigenvalue weighted by molar-refractivity contribution is -0.274. The third-order valence-corrected chi connectivity index (χ3v) is 8.76. The van der Waals surface area contributed by atoms with Crippen LogP contribution >= 0.6 is 0 Å². The van der Waals surface area contributed by atoms with Crippen molar-refractivity contribution >= 4 is 23.5 Å². The predicted octanol–water partition coefficient (Wildman–Crippen LogP) is 4.74. The first-order valence-corrected chi connectivity index (χ1v) is 15.9. The molecule has 0 spiro atoms. The molecule has 6 rings (SSSR count). The number of aliphatic hydroxyl groups is 1. The van der Waals surface area contributed by atoms with Crippen LogP contribution in [-0.2, 0) is 9.53 Å². The highest BCUT2D eigenvalue weighted by Crippen LogP contribution is 2.32. The van der Waals surface area contributed by atoms with Gasteiger partial charge in [-0.1, -0.05) is 6.07 Å². The van der Waals surface area contributed by atoms with E-state index in [0.29, 0.717) is 24.8 Å². The number of rotatable bonds is 3. The number of hydrogen-bond donors (Lipinski definition) is 4. The quantitative estimate of drug-likeness (QED) is 0.289. The summed E-state index contributed by atoms with van der Waals surface area (Å²) in [6, 6.07) is 9.39. The standard InChI is InChI=1S/C34H33F5N4O7/c35-19-2-9-24(26(36)14-19)18-1-8-25-29(13-18)48-12-11-22-7-10-28(44)30(49-22)16-40-32(46)27-15-21(41-31(25)45)17-43(27)33(47)42-20-3-5-23(6-4-20)50-34(37,38)39/h1-6,8-9,13-14,21-22,27-28,30,44H,7,10-12,15-17H2,(H,40,46)(H,41,45)(H,42,47)/t21-,22-,27-,28-,30+/m0/s1. The summed E-state index contributed by atoms with van der Waals surface area (Å²) in [5.41, 5.74) is 0.635. The lowest BCUT2D eigenvalue weighted by Crippen LogP contribution is -2.51. The van der Waals surface area contributed by atoms with Gasteiger partial charge in [-0.2, -0.15) is 0 Å². The van der Waals surface area contributed by atoms with Crippen LogP contribution in [0.15, 0.2) is 60.7 Å². The molecular formula is C34H33F5N4O7. The van der Waals surface area contributed by atoms with Crippen molar-refractivity contribution in [3.05, 3.63) is 77.9 Å². The van der Waals surface area contributed by atoms with E-state index in [9.17, 15) is 41.4 Å². The average molecular weight is 705 g/mol. The van der Waals surface area contributed by atoms with Crippen molar-refractivity contribution < 1.29 is 55.7 Å². The van der Waals surface area contributed by atoms with Crippen molar-refractivity contribution in [2.75, 3.05) is 25.0 Å². The van der Waals surface area contributed by atoms with Crippen LogP contribution in [0.25, 0.3) is 11.1 Å². The number of nitrogens with one attached hydrogen (secondary N) is 3. The summed E-state index contributed by atoms with van der Waals surface area (Å²) in [7, 11) is 0. The van der Waals surface area contributed by atoms with Crippen molar-refractivity contribution in [1.82, 2.24) is 15.5 Å². The van der Waals surface area contributed by atoms with Gasteiger partial charge in [0.25, 0.3) is 5.91 Å². The Morgan fingerprint density at radius 2 is 1.74 bits per heavy atom. The molecule has 4 N–H and O–H groups in total. The summed E-state index contributed by atoms with van der Waals surface area (Å²) in [5, 5.41) is 18.7. The van der Waals surface area contributed by atoms with Gasteiger partial charge in [-0.15, -0.1) is 13.2 Å². The number of likely N-dealkylation sites (tertiary alicyclic amines) is 1. The Morgan fingerprint density at radius 3 is 2.48 bits per heavy atom. The molecule has 0 unspecified atom stereocenters. The molecular weight excluding hydrogens is 671 g/mol. The van der Waals surface area contributed by atoms with Crippen molar-refractivity contribution in [3.8, 4) is 22.6 Å². The average Bonchev–Trinajstić information content (AvgIpc) is 3.48. The van der Waals surface area contributed by atoms with Gasteiger partial charge >= 0.3 is 12.4 Å². The second kappa shape index (κ2) is 14.5. The zero-order valence-electron chi connectivity index (χ0n) is 26.3. The molecule has 0 aromatic heterocycles. The smallest absolute Gasteiger partial charge is 0.493 e. The molecule has 4 amide bonds. The normalized spacial score (nSPS) is 24.4. The van der Waals surface area contributed by atoms with Gasteiger partial charge in [0.2, 0.25) is 5.91 Å². The van der Waals surface area contributed by atoms with Crippen LogP contribution in [0.5, 0.6) is 11.5 Å². The monoisotopic (exact) mass is 704 g/mol. The topological polar surface area (TPSA) is 138 Å². The van der Waals surface area contributed by atoms with E-state index in [-0.39, 0.29) is 54.8 Å². The highest BCUT2D eigenvalue weighted by Gasteiger charge is 2.41. The largest absolute Gasteiger partial charge is 0.573 e. The molecule has 2 fully saturated rings. The highest BCUT2D eigenvalue weighted by atomic mass is 19.4. The van der Waals surface area contributed by atoms with Gasteiger partial charge < -0.3 is 40.2 Å². The minimum Gasteiger partial charge on any atom is -0.493 e. The molecule has 0 radical (unpaired) electrons. The van der Waals surface area contributed by atoms with Crippen LogP contribution in [0.3, 0.4) is 0 Å². The molecule has 3 aliphatic rings. The van der Waals surface area contributed by atoms with Crippen molar-refractivity contribution in [2.45, 2.75) is 62.4 Å². The Kier molecular flexibility index (Phi) is 10.1. The second-order valence-electron chi connectivity index (χ2n) is 12.2. The summed E-state index contributed by atoms with van der Waals surface area (Å²) in [4.78, 5) is 41.8. The molecule has 0 saturated carbocycles. The number of aliphatic hydroxyl groups excluding tert-OH is 1. The number of ether oxygens (including phenoxy) is 3. The number of amides is 4. The zero-order chi connectivity index (χ0) is 35.6. The third-order valence-electron chi connectivity index (χ3n) is 8.76. The Morgan fingerprint density at radius 1 is 0.980 bits per heavy atom. The SMILES string of the molecule is O=C1N[C@H]2C[C@@H](C(=O)NC[C@H]3O[C@H](CCOc4cc(-c5ccc(F)cc5F)ccc41)CC[C@@H]3O)N(C(=O)Nc1ccc(OC(F)(F)F)cc1)C2. The molecule has 3 aliphatic heterocycles. The Hall–Kier alpha value is -4.96. The molecule has 0 aliphatic carbocycles. The van der Waals surface area contributed by atoms with Crippen molar-refractivity contribution in [2.24, 2.45) is 0 Å². The molecule has 11 nitrogen and oxygen atoms in total. The van der Waals surface area contributed by atoms with Crippen molar-refractivity contribution in [1.29, 1.82) is 0 Å². The lowest BCUT2D eigenvalue weighted by atomic mass is 9.99. The Bertz CT molecular complexity index is 1740. The molecule has 16 heteroatoms. The summed E-state index contributed by atoms with van der Waals surface area (Å²) in [5.74, 6) is -3.09. The molecule has 2 saturated heterocycles. The molecule has 5 atom stereocenters. The Labute approximate surface area is 282 Å². The van der Waals surface area contributed by atoms with Crippen LogP contribution in [0, 0.1) is 11.6 Å². The fraction of sp³-hybridized carbons (Fsp3) is 0.382. The van der Waals surface area contributed by atoms with Gasteiger partial charge in [0, 0.05) is 42.9 Å². The van der Waals surface area contributed by atoms with Crippen LogP contribution in [0.2, 0.25) is 0 Å². The van der Waals surface area contributed by atoms with E-state index < -0.39 is 65.9 Å². The minimum atomic E-state index is -4.90. The number of urea groups is 1. The van der Waals surface area contributed by atoms with E-state index in [0.717, 1.165) is 24.3 Å². The number of carbonyl (C=O) groups excluding carboxylic acids is 3. The number of halogens is 5. The third kappa shape index (κ3) is 8.25.